The molecule has 0 aliphatic carbocycles. The summed E-state index contributed by atoms with van der Waals surface area (Å²) in [7, 11) is 0. The molecule has 3 nitrogen and oxygen atoms in total. The van der Waals surface area contributed by atoms with Gasteiger partial charge in [0, 0.05) is 6.42 Å². The molecule has 4 unspecified atom stereocenters. The van der Waals surface area contributed by atoms with Crippen molar-refractivity contribution in [2.75, 3.05) is 0 Å². The maximum absolute atomic E-state index is 10.6. The summed E-state index contributed by atoms with van der Waals surface area (Å²) in [5.74, 6) is 0.642. The zero-order valence-corrected chi connectivity index (χ0v) is 17.1. The van der Waals surface area contributed by atoms with E-state index in [0.717, 1.165) is 38.4 Å². The van der Waals surface area contributed by atoms with Crippen molar-refractivity contribution in [3.8, 4) is 0 Å². The van der Waals surface area contributed by atoms with Gasteiger partial charge in [-0.15, -0.1) is 0 Å². The number of hydrogen-bond donors (Lipinski definition) is 0. The Morgan fingerprint density at radius 3 is 2.44 bits per heavy atom. The lowest BCUT2D eigenvalue weighted by atomic mass is 9.63. The van der Waals surface area contributed by atoms with Gasteiger partial charge in [0.2, 0.25) is 0 Å². The number of hydrogen-bond acceptors (Lipinski definition) is 3. The zero-order chi connectivity index (χ0) is 18.8. The molecule has 0 bridgehead atoms. The van der Waals surface area contributed by atoms with Crippen molar-refractivity contribution in [3.05, 3.63) is 12.2 Å². The normalized spacial score (nSPS) is 35.8. The van der Waals surface area contributed by atoms with Crippen LogP contribution < -0.4 is 0 Å². The van der Waals surface area contributed by atoms with E-state index in [1.807, 2.05) is 0 Å². The quantitative estimate of drug-likeness (QED) is 0.480. The van der Waals surface area contributed by atoms with Crippen molar-refractivity contribution in [1.29, 1.82) is 0 Å². The fourth-order valence-corrected chi connectivity index (χ4v) is 4.72. The Hall–Kier alpha value is -0.670. The lowest BCUT2D eigenvalue weighted by Gasteiger charge is -2.52. The van der Waals surface area contributed by atoms with Gasteiger partial charge in [0.25, 0.3) is 0 Å². The van der Waals surface area contributed by atoms with Crippen LogP contribution in [0.4, 0.5) is 0 Å². The SMILES string of the molecule is C=C1CC(CCC=O)OC1CCC1C[C@@H](C)C(C)(C)C(C(C)(C)C)O1. The Bertz CT molecular complexity index is 474. The molecular weight excluding hydrogens is 312 g/mol. The van der Waals surface area contributed by atoms with Crippen LogP contribution in [0.3, 0.4) is 0 Å². The third-order valence-electron chi connectivity index (χ3n) is 6.34. The van der Waals surface area contributed by atoms with Gasteiger partial charge in [0.1, 0.15) is 6.29 Å². The van der Waals surface area contributed by atoms with Crippen LogP contribution in [-0.4, -0.2) is 30.7 Å². The van der Waals surface area contributed by atoms with Crippen molar-refractivity contribution >= 4 is 6.29 Å². The van der Waals surface area contributed by atoms with Gasteiger partial charge in [0.05, 0.1) is 24.4 Å². The van der Waals surface area contributed by atoms with Crippen molar-refractivity contribution in [1.82, 2.24) is 0 Å². The van der Waals surface area contributed by atoms with Crippen molar-refractivity contribution in [2.24, 2.45) is 16.7 Å². The minimum atomic E-state index is 0.138. The first kappa shape index (κ1) is 20.6. The van der Waals surface area contributed by atoms with E-state index in [1.165, 1.54) is 5.57 Å². The summed E-state index contributed by atoms with van der Waals surface area (Å²) < 4.78 is 12.7. The van der Waals surface area contributed by atoms with Gasteiger partial charge in [-0.2, -0.15) is 0 Å². The molecular formula is C22H38O3. The molecule has 25 heavy (non-hydrogen) atoms. The molecule has 0 spiro atoms. The van der Waals surface area contributed by atoms with Gasteiger partial charge < -0.3 is 14.3 Å². The highest BCUT2D eigenvalue weighted by atomic mass is 16.5. The van der Waals surface area contributed by atoms with Crippen molar-refractivity contribution < 1.29 is 14.3 Å². The molecule has 2 fully saturated rings. The van der Waals surface area contributed by atoms with Gasteiger partial charge >= 0.3 is 0 Å². The molecule has 5 atom stereocenters. The van der Waals surface area contributed by atoms with Gasteiger partial charge in [-0.05, 0) is 54.4 Å². The summed E-state index contributed by atoms with van der Waals surface area (Å²) in [6, 6.07) is 0. The average molecular weight is 351 g/mol. The minimum Gasteiger partial charge on any atom is -0.374 e. The third-order valence-corrected chi connectivity index (χ3v) is 6.34. The summed E-state index contributed by atoms with van der Waals surface area (Å²) in [5, 5.41) is 0. The first-order chi connectivity index (χ1) is 11.6. The number of carbonyl (C=O) groups excluding carboxylic acids is 1. The summed E-state index contributed by atoms with van der Waals surface area (Å²) in [6.07, 6.45) is 7.28. The summed E-state index contributed by atoms with van der Waals surface area (Å²) in [5.41, 5.74) is 1.53. The lowest BCUT2D eigenvalue weighted by Crippen LogP contribution is -2.52. The molecule has 2 rings (SSSR count). The van der Waals surface area contributed by atoms with Crippen molar-refractivity contribution in [3.63, 3.8) is 0 Å². The van der Waals surface area contributed by atoms with Crippen LogP contribution in [0.2, 0.25) is 0 Å². The van der Waals surface area contributed by atoms with E-state index in [0.29, 0.717) is 18.4 Å². The molecule has 0 N–H and O–H groups in total. The van der Waals surface area contributed by atoms with Crippen LogP contribution in [0.1, 0.15) is 80.1 Å². The standard InChI is InChI=1S/C22H38O3/c1-15-13-17(9-8-12-23)24-19(15)11-10-18-14-16(2)22(6,7)20(25-18)21(3,4)5/h12,16-20H,1,8-11,13-14H2,2-7H3/t16-,17?,18?,19?,20?/m1/s1. The van der Waals surface area contributed by atoms with Crippen LogP contribution in [0.25, 0.3) is 0 Å². The predicted molar refractivity (Wildman–Crippen MR) is 103 cm³/mol. The molecule has 0 aromatic heterocycles. The van der Waals surface area contributed by atoms with E-state index >= 15 is 0 Å². The maximum Gasteiger partial charge on any atom is 0.120 e. The number of rotatable bonds is 6. The average Bonchev–Trinajstić information content (AvgIpc) is 2.85. The molecule has 2 aliphatic rings. The molecule has 0 radical (unpaired) electrons. The molecule has 3 heteroatoms. The Morgan fingerprint density at radius 2 is 1.84 bits per heavy atom. The molecule has 2 aliphatic heterocycles. The monoisotopic (exact) mass is 350 g/mol. The van der Waals surface area contributed by atoms with E-state index in [9.17, 15) is 4.79 Å². The van der Waals surface area contributed by atoms with E-state index in [1.54, 1.807) is 0 Å². The van der Waals surface area contributed by atoms with Crippen LogP contribution in [0.15, 0.2) is 12.2 Å². The van der Waals surface area contributed by atoms with Gasteiger partial charge in [-0.3, -0.25) is 0 Å². The largest absolute Gasteiger partial charge is 0.374 e. The van der Waals surface area contributed by atoms with E-state index in [-0.39, 0.29) is 29.1 Å². The van der Waals surface area contributed by atoms with Crippen molar-refractivity contribution in [2.45, 2.75) is 104 Å². The summed E-state index contributed by atoms with van der Waals surface area (Å²) >= 11 is 0. The fourth-order valence-electron chi connectivity index (χ4n) is 4.72. The highest BCUT2D eigenvalue weighted by Gasteiger charge is 2.47. The fraction of sp³-hybridized carbons (Fsp3) is 0.864. The number of carbonyl (C=O) groups is 1. The predicted octanol–water partition coefficient (Wildman–Crippen LogP) is 5.33. The van der Waals surface area contributed by atoms with Gasteiger partial charge in [-0.25, -0.2) is 0 Å². The Labute approximate surface area is 154 Å². The second-order valence-electron chi connectivity index (χ2n) is 9.89. The maximum atomic E-state index is 10.6. The second kappa shape index (κ2) is 7.92. The van der Waals surface area contributed by atoms with E-state index in [4.69, 9.17) is 9.47 Å². The topological polar surface area (TPSA) is 35.5 Å². The second-order valence-corrected chi connectivity index (χ2v) is 9.89. The Balaban J connectivity index is 1.91. The highest BCUT2D eigenvalue weighted by Crippen LogP contribution is 2.48. The first-order valence-corrected chi connectivity index (χ1v) is 9.98. The van der Waals surface area contributed by atoms with Crippen LogP contribution >= 0.6 is 0 Å². The summed E-state index contributed by atoms with van der Waals surface area (Å²) in [6.45, 7) is 18.1. The number of ether oxygens (including phenoxy) is 2. The zero-order valence-electron chi connectivity index (χ0n) is 17.1. The molecule has 0 aromatic carbocycles. The minimum absolute atomic E-state index is 0.138. The summed E-state index contributed by atoms with van der Waals surface area (Å²) in [4.78, 5) is 10.6. The van der Waals surface area contributed by atoms with Gasteiger partial charge in [-0.1, -0.05) is 48.1 Å². The molecule has 144 valence electrons. The molecule has 0 amide bonds. The third kappa shape index (κ3) is 4.95. The van der Waals surface area contributed by atoms with Gasteiger partial charge in [0.15, 0.2) is 0 Å². The Morgan fingerprint density at radius 1 is 1.16 bits per heavy atom. The molecule has 2 saturated heterocycles. The first-order valence-electron chi connectivity index (χ1n) is 9.98. The number of aldehydes is 1. The molecule has 2 heterocycles. The van der Waals surface area contributed by atoms with Crippen LogP contribution in [-0.2, 0) is 14.3 Å². The molecule has 0 aromatic rings. The van der Waals surface area contributed by atoms with E-state index < -0.39 is 0 Å². The van der Waals surface area contributed by atoms with Crippen LogP contribution in [0, 0.1) is 16.7 Å². The van der Waals surface area contributed by atoms with Crippen LogP contribution in [0.5, 0.6) is 0 Å². The highest BCUT2D eigenvalue weighted by molar-refractivity contribution is 5.49. The van der Waals surface area contributed by atoms with E-state index in [2.05, 4.69) is 48.1 Å². The smallest absolute Gasteiger partial charge is 0.120 e. The Kier molecular flexibility index (Phi) is 6.54. The molecule has 0 saturated carbocycles. The lowest BCUT2D eigenvalue weighted by molar-refractivity contribution is -0.186.